The van der Waals surface area contributed by atoms with Crippen molar-refractivity contribution in [1.82, 2.24) is 0 Å². The zero-order chi connectivity index (χ0) is 17.3. The number of carbonyl (C=O) groups excluding carboxylic acids is 2. The Hall–Kier alpha value is -1.46. The third kappa shape index (κ3) is 3.26. The summed E-state index contributed by atoms with van der Waals surface area (Å²) in [4.78, 5) is 23.8. The first kappa shape index (κ1) is 17.9. The Morgan fingerprint density at radius 2 is 1.87 bits per heavy atom. The van der Waals surface area contributed by atoms with Crippen molar-refractivity contribution >= 4 is 11.8 Å². The van der Waals surface area contributed by atoms with Crippen molar-refractivity contribution in [3.63, 3.8) is 0 Å². The Labute approximate surface area is 137 Å². The van der Waals surface area contributed by atoms with Crippen LogP contribution >= 0.6 is 0 Å². The van der Waals surface area contributed by atoms with Crippen LogP contribution in [0.4, 0.5) is 0 Å². The Morgan fingerprint density at radius 1 is 1.26 bits per heavy atom. The number of methoxy groups -OCH3 is 1. The summed E-state index contributed by atoms with van der Waals surface area (Å²) in [5.74, 6) is -1.22. The van der Waals surface area contributed by atoms with Gasteiger partial charge in [-0.25, -0.2) is 4.79 Å². The SMILES string of the molecule is COC(=O)/C=C(\C)C(=O)CC1=C(C)CCC2(OCCO2)C1(C)C. The van der Waals surface area contributed by atoms with Gasteiger partial charge >= 0.3 is 5.97 Å². The van der Waals surface area contributed by atoms with E-state index in [9.17, 15) is 9.59 Å². The fourth-order valence-corrected chi connectivity index (χ4v) is 3.53. The van der Waals surface area contributed by atoms with E-state index in [1.54, 1.807) is 6.92 Å². The summed E-state index contributed by atoms with van der Waals surface area (Å²) in [6, 6.07) is 0. The van der Waals surface area contributed by atoms with E-state index in [1.807, 2.05) is 0 Å². The summed E-state index contributed by atoms with van der Waals surface area (Å²) in [6.45, 7) is 9.02. The average molecular weight is 322 g/mol. The van der Waals surface area contributed by atoms with Gasteiger partial charge in [0, 0.05) is 24.3 Å². The van der Waals surface area contributed by atoms with Gasteiger partial charge in [0.1, 0.15) is 0 Å². The zero-order valence-electron chi connectivity index (χ0n) is 14.7. The van der Waals surface area contributed by atoms with Gasteiger partial charge in [-0.1, -0.05) is 25.0 Å². The second-order valence-corrected chi connectivity index (χ2v) is 6.78. The van der Waals surface area contributed by atoms with Gasteiger partial charge in [0.05, 0.1) is 20.3 Å². The van der Waals surface area contributed by atoms with Crippen molar-refractivity contribution in [2.75, 3.05) is 20.3 Å². The molecule has 1 aliphatic carbocycles. The highest BCUT2D eigenvalue weighted by Gasteiger charge is 2.54. The van der Waals surface area contributed by atoms with Crippen LogP contribution in [0.1, 0.15) is 47.0 Å². The summed E-state index contributed by atoms with van der Waals surface area (Å²) >= 11 is 0. The van der Waals surface area contributed by atoms with E-state index in [0.717, 1.165) is 18.4 Å². The van der Waals surface area contributed by atoms with Crippen LogP contribution in [0, 0.1) is 5.41 Å². The third-order valence-electron chi connectivity index (χ3n) is 5.12. The highest BCUT2D eigenvalue weighted by atomic mass is 16.7. The average Bonchev–Trinajstić information content (AvgIpc) is 2.98. The molecule has 23 heavy (non-hydrogen) atoms. The predicted octanol–water partition coefficient (Wildman–Crippen LogP) is 2.94. The molecule has 2 aliphatic rings. The minimum Gasteiger partial charge on any atom is -0.466 e. The normalized spacial score (nSPS) is 23.3. The molecule has 0 aromatic carbocycles. The van der Waals surface area contributed by atoms with Gasteiger partial charge in [0.25, 0.3) is 0 Å². The van der Waals surface area contributed by atoms with Gasteiger partial charge in [-0.05, 0) is 25.8 Å². The summed E-state index contributed by atoms with van der Waals surface area (Å²) in [6.07, 6.45) is 3.17. The third-order valence-corrected chi connectivity index (χ3v) is 5.12. The van der Waals surface area contributed by atoms with E-state index in [0.29, 0.717) is 18.8 Å². The topological polar surface area (TPSA) is 61.8 Å². The van der Waals surface area contributed by atoms with E-state index in [4.69, 9.17) is 9.47 Å². The first-order chi connectivity index (χ1) is 10.7. The molecule has 0 aromatic rings. The van der Waals surface area contributed by atoms with E-state index in [-0.39, 0.29) is 17.6 Å². The van der Waals surface area contributed by atoms with E-state index in [1.165, 1.54) is 18.8 Å². The van der Waals surface area contributed by atoms with Crippen LogP contribution in [0.2, 0.25) is 0 Å². The molecule has 0 N–H and O–H groups in total. The van der Waals surface area contributed by atoms with Gasteiger partial charge in [0.15, 0.2) is 11.6 Å². The molecule has 0 aromatic heterocycles. The number of Topliss-reactive ketones (excluding diaryl/α,β-unsaturated/α-hetero) is 1. The van der Waals surface area contributed by atoms with Gasteiger partial charge < -0.3 is 14.2 Å². The number of ether oxygens (including phenoxy) is 3. The molecule has 1 saturated heterocycles. The maximum absolute atomic E-state index is 12.5. The lowest BCUT2D eigenvalue weighted by Crippen LogP contribution is -2.49. The molecular weight excluding hydrogens is 296 g/mol. The maximum Gasteiger partial charge on any atom is 0.330 e. The quantitative estimate of drug-likeness (QED) is 0.452. The predicted molar refractivity (Wildman–Crippen MR) is 85.7 cm³/mol. The molecule has 5 heteroatoms. The molecule has 5 nitrogen and oxygen atoms in total. The van der Waals surface area contributed by atoms with Gasteiger partial charge in [-0.15, -0.1) is 0 Å². The van der Waals surface area contributed by atoms with Crippen molar-refractivity contribution in [2.45, 2.75) is 52.7 Å². The molecule has 0 amide bonds. The maximum atomic E-state index is 12.5. The van der Waals surface area contributed by atoms with Crippen molar-refractivity contribution in [3.8, 4) is 0 Å². The Morgan fingerprint density at radius 3 is 2.43 bits per heavy atom. The molecular formula is C18H26O5. The lowest BCUT2D eigenvalue weighted by Gasteiger charge is -2.47. The second kappa shape index (κ2) is 6.57. The van der Waals surface area contributed by atoms with Crippen molar-refractivity contribution < 1.29 is 23.8 Å². The van der Waals surface area contributed by atoms with Crippen LogP contribution in [0.5, 0.6) is 0 Å². The van der Waals surface area contributed by atoms with Gasteiger partial charge in [-0.2, -0.15) is 0 Å². The molecule has 2 rings (SSSR count). The summed E-state index contributed by atoms with van der Waals surface area (Å²) in [5.41, 5.74) is 2.28. The molecule has 0 unspecified atom stereocenters. The monoisotopic (exact) mass is 322 g/mol. The lowest BCUT2D eigenvalue weighted by atomic mass is 9.66. The highest BCUT2D eigenvalue weighted by molar-refractivity contribution is 6.01. The first-order valence-electron chi connectivity index (χ1n) is 8.00. The fraction of sp³-hybridized carbons (Fsp3) is 0.667. The Kier molecular flexibility index (Phi) is 5.11. The number of hydrogen-bond donors (Lipinski definition) is 0. The van der Waals surface area contributed by atoms with Crippen molar-refractivity contribution in [1.29, 1.82) is 0 Å². The molecule has 128 valence electrons. The van der Waals surface area contributed by atoms with Crippen LogP contribution in [-0.2, 0) is 23.8 Å². The molecule has 1 spiro atoms. The summed E-state index contributed by atoms with van der Waals surface area (Å²) < 4.78 is 16.5. The smallest absolute Gasteiger partial charge is 0.330 e. The molecule has 1 heterocycles. The molecule has 1 aliphatic heterocycles. The van der Waals surface area contributed by atoms with Crippen LogP contribution in [0.25, 0.3) is 0 Å². The van der Waals surface area contributed by atoms with E-state index < -0.39 is 11.8 Å². The molecule has 0 saturated carbocycles. The number of hydrogen-bond acceptors (Lipinski definition) is 5. The standard InChI is InChI=1S/C18H26O5/c1-12-6-7-18(22-8-9-23-18)17(3,4)14(12)11-15(19)13(2)10-16(20)21-5/h10H,6-9,11H2,1-5H3/b13-10+. The number of allylic oxidation sites excluding steroid dienone is 2. The van der Waals surface area contributed by atoms with Gasteiger partial charge in [-0.3, -0.25) is 4.79 Å². The summed E-state index contributed by atoms with van der Waals surface area (Å²) in [7, 11) is 1.30. The number of esters is 1. The minimum absolute atomic E-state index is 0.0760. The summed E-state index contributed by atoms with van der Waals surface area (Å²) in [5, 5.41) is 0. The zero-order valence-corrected chi connectivity index (χ0v) is 14.7. The number of rotatable bonds is 4. The largest absolute Gasteiger partial charge is 0.466 e. The van der Waals surface area contributed by atoms with Crippen molar-refractivity contribution in [2.24, 2.45) is 5.41 Å². The van der Waals surface area contributed by atoms with Crippen LogP contribution < -0.4 is 0 Å². The first-order valence-corrected chi connectivity index (χ1v) is 8.00. The Balaban J connectivity index is 2.25. The van der Waals surface area contributed by atoms with Crippen LogP contribution in [0.15, 0.2) is 22.8 Å². The van der Waals surface area contributed by atoms with Crippen molar-refractivity contribution in [3.05, 3.63) is 22.8 Å². The highest BCUT2D eigenvalue weighted by Crippen LogP contribution is 2.52. The van der Waals surface area contributed by atoms with E-state index >= 15 is 0 Å². The minimum atomic E-state index is -0.637. The van der Waals surface area contributed by atoms with Crippen LogP contribution in [0.3, 0.4) is 0 Å². The van der Waals surface area contributed by atoms with Crippen LogP contribution in [-0.4, -0.2) is 37.9 Å². The van der Waals surface area contributed by atoms with Gasteiger partial charge in [0.2, 0.25) is 0 Å². The number of ketones is 1. The molecule has 1 fully saturated rings. The van der Waals surface area contributed by atoms with E-state index in [2.05, 4.69) is 25.5 Å². The Bertz CT molecular complexity index is 562. The molecule has 0 bridgehead atoms. The number of carbonyl (C=O) groups is 2. The molecule has 0 radical (unpaired) electrons. The molecule has 0 atom stereocenters. The fourth-order valence-electron chi connectivity index (χ4n) is 3.53. The lowest BCUT2D eigenvalue weighted by molar-refractivity contribution is -0.224. The second-order valence-electron chi connectivity index (χ2n) is 6.78.